The monoisotopic (exact) mass is 458 g/mol. The number of amides is 2. The number of rotatable bonds is 9. The number of anilines is 2. The quantitative estimate of drug-likeness (QED) is 0.460. The van der Waals surface area contributed by atoms with Gasteiger partial charge in [-0.3, -0.25) is 9.59 Å². The van der Waals surface area contributed by atoms with Gasteiger partial charge in [0.05, 0.1) is 32.1 Å². The Morgan fingerprint density at radius 1 is 0.824 bits per heavy atom. The minimum Gasteiger partial charge on any atom is -0.497 e. The molecule has 4 rings (SSSR count). The Balaban J connectivity index is 1.81. The zero-order valence-electron chi connectivity index (χ0n) is 19.3. The number of ether oxygens (including phenoxy) is 3. The van der Waals surface area contributed by atoms with Crippen molar-refractivity contribution in [3.05, 3.63) is 84.1 Å². The lowest BCUT2D eigenvalue weighted by atomic mass is 10.0. The van der Waals surface area contributed by atoms with E-state index in [-0.39, 0.29) is 11.3 Å². The van der Waals surface area contributed by atoms with Crippen molar-refractivity contribution in [2.75, 3.05) is 31.0 Å². The average molecular weight is 459 g/mol. The highest BCUT2D eigenvalue weighted by Crippen LogP contribution is 2.38. The molecule has 1 aliphatic heterocycles. The first-order valence-corrected chi connectivity index (χ1v) is 11.0. The van der Waals surface area contributed by atoms with E-state index < -0.39 is 11.8 Å². The van der Waals surface area contributed by atoms with Crippen LogP contribution in [0, 0.1) is 0 Å². The predicted octanol–water partition coefficient (Wildman–Crippen LogP) is 4.89. The summed E-state index contributed by atoms with van der Waals surface area (Å²) in [4.78, 5) is 28.6. The summed E-state index contributed by atoms with van der Waals surface area (Å²) in [5.41, 5.74) is 2.03. The molecule has 2 amide bonds. The van der Waals surface area contributed by atoms with Crippen molar-refractivity contribution in [3.8, 4) is 17.2 Å². The topological polar surface area (TPSA) is 77.1 Å². The summed E-state index contributed by atoms with van der Waals surface area (Å²) in [6, 6.07) is 21.4. The van der Waals surface area contributed by atoms with E-state index in [9.17, 15) is 9.59 Å². The molecule has 34 heavy (non-hydrogen) atoms. The molecule has 0 atom stereocenters. The zero-order valence-corrected chi connectivity index (χ0v) is 19.3. The molecule has 0 fully saturated rings. The number of nitrogens with zero attached hydrogens (tertiary/aromatic N) is 1. The largest absolute Gasteiger partial charge is 0.497 e. The Morgan fingerprint density at radius 3 is 2.12 bits per heavy atom. The van der Waals surface area contributed by atoms with Gasteiger partial charge in [0, 0.05) is 23.9 Å². The number of hydrogen-bond donors (Lipinski definition) is 1. The molecular formula is C27H26N2O5. The van der Waals surface area contributed by atoms with Crippen LogP contribution in [0.2, 0.25) is 0 Å². The van der Waals surface area contributed by atoms with Crippen LogP contribution in [0.3, 0.4) is 0 Å². The lowest BCUT2D eigenvalue weighted by molar-refractivity contribution is -0.120. The third-order valence-corrected chi connectivity index (χ3v) is 5.34. The fraction of sp³-hybridized carbons (Fsp3) is 0.185. The summed E-state index contributed by atoms with van der Waals surface area (Å²) in [5, 5.41) is 3.15. The standard InChI is InChI=1S/C27H26N2O5/c1-4-14-34-23-13-9-8-12-22(23)29-26(30)24(18-10-6-5-7-11-18)25(27(29)31)28-19-15-20(32-2)17-21(16-19)33-3/h5-13,15-17,28H,4,14H2,1-3H3. The first kappa shape index (κ1) is 22.9. The van der Waals surface area contributed by atoms with Gasteiger partial charge in [0.2, 0.25) is 0 Å². The van der Waals surface area contributed by atoms with Gasteiger partial charge in [0.15, 0.2) is 0 Å². The third kappa shape index (κ3) is 4.45. The summed E-state index contributed by atoms with van der Waals surface area (Å²) in [6.07, 6.45) is 0.800. The second-order valence-corrected chi connectivity index (χ2v) is 7.60. The smallest absolute Gasteiger partial charge is 0.282 e. The Kier molecular flexibility index (Phi) is 6.82. The van der Waals surface area contributed by atoms with E-state index in [4.69, 9.17) is 14.2 Å². The van der Waals surface area contributed by atoms with Crippen molar-refractivity contribution in [3.63, 3.8) is 0 Å². The van der Waals surface area contributed by atoms with Crippen LogP contribution >= 0.6 is 0 Å². The fourth-order valence-corrected chi connectivity index (χ4v) is 3.74. The minimum atomic E-state index is -0.474. The number of hydrogen-bond acceptors (Lipinski definition) is 6. The lowest BCUT2D eigenvalue weighted by Gasteiger charge is -2.19. The van der Waals surface area contributed by atoms with Gasteiger partial charge in [-0.25, -0.2) is 4.90 Å². The Hall–Kier alpha value is -4.26. The summed E-state index contributed by atoms with van der Waals surface area (Å²) in [5.74, 6) is 0.674. The van der Waals surface area contributed by atoms with Crippen LogP contribution < -0.4 is 24.4 Å². The van der Waals surface area contributed by atoms with Crippen LogP contribution in [0.1, 0.15) is 18.9 Å². The highest BCUT2D eigenvalue weighted by molar-refractivity contribution is 6.46. The number of carbonyl (C=O) groups is 2. The summed E-state index contributed by atoms with van der Waals surface area (Å²) >= 11 is 0. The normalized spacial score (nSPS) is 13.3. The molecule has 7 nitrogen and oxygen atoms in total. The molecule has 0 spiro atoms. The minimum absolute atomic E-state index is 0.164. The van der Waals surface area contributed by atoms with Crippen molar-refractivity contribution < 1.29 is 23.8 Å². The number of para-hydroxylation sites is 2. The van der Waals surface area contributed by atoms with Gasteiger partial charge in [0.1, 0.15) is 22.9 Å². The van der Waals surface area contributed by atoms with Gasteiger partial charge in [-0.15, -0.1) is 0 Å². The van der Waals surface area contributed by atoms with Crippen molar-refractivity contribution >= 4 is 28.8 Å². The van der Waals surface area contributed by atoms with Crippen molar-refractivity contribution in [2.45, 2.75) is 13.3 Å². The summed E-state index contributed by atoms with van der Waals surface area (Å²) < 4.78 is 16.5. The van der Waals surface area contributed by atoms with Crippen LogP contribution in [0.25, 0.3) is 5.57 Å². The first-order valence-electron chi connectivity index (χ1n) is 11.0. The van der Waals surface area contributed by atoms with E-state index in [1.165, 1.54) is 0 Å². The second-order valence-electron chi connectivity index (χ2n) is 7.60. The second kappa shape index (κ2) is 10.1. The van der Waals surface area contributed by atoms with Crippen molar-refractivity contribution in [1.82, 2.24) is 0 Å². The molecule has 0 aliphatic carbocycles. The van der Waals surface area contributed by atoms with Crippen molar-refractivity contribution in [1.29, 1.82) is 0 Å². The molecule has 7 heteroatoms. The van der Waals surface area contributed by atoms with E-state index in [1.54, 1.807) is 62.8 Å². The molecule has 0 bridgehead atoms. The van der Waals surface area contributed by atoms with Gasteiger partial charge in [-0.05, 0) is 24.1 Å². The molecule has 0 unspecified atom stereocenters. The number of nitrogens with one attached hydrogen (secondary N) is 1. The highest BCUT2D eigenvalue weighted by atomic mass is 16.5. The van der Waals surface area contributed by atoms with E-state index in [0.717, 1.165) is 11.3 Å². The number of methoxy groups -OCH3 is 2. The van der Waals surface area contributed by atoms with Gasteiger partial charge in [-0.1, -0.05) is 49.4 Å². The van der Waals surface area contributed by atoms with Crippen LogP contribution in [0.4, 0.5) is 11.4 Å². The molecule has 0 saturated heterocycles. The van der Waals surface area contributed by atoms with Gasteiger partial charge in [0.25, 0.3) is 11.8 Å². The number of benzene rings is 3. The van der Waals surface area contributed by atoms with Crippen LogP contribution in [0.15, 0.2) is 78.5 Å². The Bertz CT molecular complexity index is 1210. The van der Waals surface area contributed by atoms with E-state index in [1.807, 2.05) is 31.2 Å². The molecule has 0 radical (unpaired) electrons. The average Bonchev–Trinajstić information content (AvgIpc) is 3.11. The molecule has 1 aliphatic rings. The molecule has 3 aromatic carbocycles. The predicted molar refractivity (Wildman–Crippen MR) is 131 cm³/mol. The molecule has 0 saturated carbocycles. The van der Waals surface area contributed by atoms with Gasteiger partial charge in [-0.2, -0.15) is 0 Å². The molecule has 1 N–H and O–H groups in total. The van der Waals surface area contributed by atoms with E-state index in [2.05, 4.69) is 5.32 Å². The molecular weight excluding hydrogens is 432 g/mol. The number of imide groups is 1. The van der Waals surface area contributed by atoms with Crippen molar-refractivity contribution in [2.24, 2.45) is 0 Å². The maximum Gasteiger partial charge on any atom is 0.282 e. The third-order valence-electron chi connectivity index (χ3n) is 5.34. The van der Waals surface area contributed by atoms with Gasteiger partial charge < -0.3 is 19.5 Å². The SMILES string of the molecule is CCCOc1ccccc1N1C(=O)C(Nc2cc(OC)cc(OC)c2)=C(c2ccccc2)C1=O. The molecule has 3 aromatic rings. The molecule has 0 aromatic heterocycles. The summed E-state index contributed by atoms with van der Waals surface area (Å²) in [7, 11) is 3.10. The Labute approximate surface area is 198 Å². The molecule has 174 valence electrons. The van der Waals surface area contributed by atoms with Crippen LogP contribution in [0.5, 0.6) is 17.2 Å². The zero-order chi connectivity index (χ0) is 24.1. The first-order chi connectivity index (χ1) is 16.6. The Morgan fingerprint density at radius 2 is 1.47 bits per heavy atom. The maximum absolute atomic E-state index is 13.7. The maximum atomic E-state index is 13.7. The highest BCUT2D eigenvalue weighted by Gasteiger charge is 2.41. The lowest BCUT2D eigenvalue weighted by Crippen LogP contribution is -2.32. The molecule has 1 heterocycles. The van der Waals surface area contributed by atoms with E-state index >= 15 is 0 Å². The summed E-state index contributed by atoms with van der Waals surface area (Å²) in [6.45, 7) is 2.47. The fourth-order valence-electron chi connectivity index (χ4n) is 3.74. The number of carbonyl (C=O) groups excluding carboxylic acids is 2. The van der Waals surface area contributed by atoms with Gasteiger partial charge >= 0.3 is 0 Å². The van der Waals surface area contributed by atoms with Crippen LogP contribution in [-0.4, -0.2) is 32.6 Å². The van der Waals surface area contributed by atoms with E-state index in [0.29, 0.717) is 40.8 Å². The van der Waals surface area contributed by atoms with Crippen LogP contribution in [-0.2, 0) is 9.59 Å².